The maximum absolute atomic E-state index is 11.3. The minimum absolute atomic E-state index is 0.0641. The first kappa shape index (κ1) is 8.60. The molecule has 0 aliphatic rings. The van der Waals surface area contributed by atoms with E-state index < -0.39 is 0 Å². The van der Waals surface area contributed by atoms with Gasteiger partial charge in [0.15, 0.2) is 0 Å². The van der Waals surface area contributed by atoms with Crippen molar-refractivity contribution in [3.8, 4) is 0 Å². The molecule has 0 bridgehead atoms. The Hall–Kier alpha value is -0.991. The van der Waals surface area contributed by atoms with E-state index >= 15 is 0 Å². The van der Waals surface area contributed by atoms with Gasteiger partial charge in [-0.05, 0) is 0 Å². The van der Waals surface area contributed by atoms with E-state index in [-0.39, 0.29) is 20.5 Å². The SMILES string of the molecule is CCOC(=O)c1cc2occc2[se]1. The van der Waals surface area contributed by atoms with Gasteiger partial charge >= 0.3 is 80.6 Å². The molecule has 0 radical (unpaired) electrons. The van der Waals surface area contributed by atoms with Gasteiger partial charge in [0.2, 0.25) is 0 Å². The fourth-order valence-electron chi connectivity index (χ4n) is 1.07. The Bertz CT molecular complexity index is 398. The average Bonchev–Trinajstić information content (AvgIpc) is 2.61. The van der Waals surface area contributed by atoms with E-state index in [0.29, 0.717) is 6.61 Å². The first-order valence-corrected chi connectivity index (χ1v) is 5.66. The molecule has 0 amide bonds. The number of esters is 1. The molecule has 0 aromatic carbocycles. The molecule has 0 spiro atoms. The minimum atomic E-state index is -0.214. The van der Waals surface area contributed by atoms with Crippen LogP contribution in [-0.4, -0.2) is 27.1 Å². The summed E-state index contributed by atoms with van der Waals surface area (Å²) in [5.41, 5.74) is 0.808. The molecule has 0 atom stereocenters. The van der Waals surface area contributed by atoms with Gasteiger partial charge in [0.1, 0.15) is 0 Å². The van der Waals surface area contributed by atoms with Gasteiger partial charge in [0.25, 0.3) is 0 Å². The molecule has 0 aliphatic carbocycles. The summed E-state index contributed by atoms with van der Waals surface area (Å²) < 4.78 is 11.9. The zero-order chi connectivity index (χ0) is 9.26. The van der Waals surface area contributed by atoms with Crippen LogP contribution in [0.2, 0.25) is 0 Å². The number of furan rings is 1. The third kappa shape index (κ3) is 1.55. The Morgan fingerprint density at radius 2 is 2.54 bits per heavy atom. The number of ether oxygens (including phenoxy) is 1. The van der Waals surface area contributed by atoms with Crippen LogP contribution in [0.1, 0.15) is 16.2 Å². The van der Waals surface area contributed by atoms with Gasteiger partial charge in [-0.15, -0.1) is 0 Å². The molecule has 0 unspecified atom stereocenters. The van der Waals surface area contributed by atoms with Gasteiger partial charge in [0, 0.05) is 0 Å². The summed E-state index contributed by atoms with van der Waals surface area (Å²) in [7, 11) is 0. The molecule has 0 saturated heterocycles. The molecule has 68 valence electrons. The molecule has 2 aromatic rings. The van der Waals surface area contributed by atoms with Crippen molar-refractivity contribution in [2.45, 2.75) is 6.92 Å². The van der Waals surface area contributed by atoms with Crippen molar-refractivity contribution < 1.29 is 13.9 Å². The molecule has 3 nitrogen and oxygen atoms in total. The molecule has 0 fully saturated rings. The molecule has 2 rings (SSSR count). The van der Waals surface area contributed by atoms with Crippen LogP contribution >= 0.6 is 0 Å². The summed E-state index contributed by atoms with van der Waals surface area (Å²) in [6.45, 7) is 2.23. The summed E-state index contributed by atoms with van der Waals surface area (Å²) in [6.07, 6.45) is 1.64. The molecule has 2 aromatic heterocycles. The van der Waals surface area contributed by atoms with Gasteiger partial charge in [0.05, 0.1) is 0 Å². The van der Waals surface area contributed by atoms with E-state index in [9.17, 15) is 4.79 Å². The van der Waals surface area contributed by atoms with E-state index in [0.717, 1.165) is 14.3 Å². The summed E-state index contributed by atoms with van der Waals surface area (Å²) in [6, 6.07) is 3.67. The van der Waals surface area contributed by atoms with Crippen LogP contribution in [0.15, 0.2) is 22.8 Å². The van der Waals surface area contributed by atoms with Crippen molar-refractivity contribution in [3.05, 3.63) is 22.8 Å². The Kier molecular flexibility index (Phi) is 2.25. The van der Waals surface area contributed by atoms with Gasteiger partial charge in [-0.3, -0.25) is 0 Å². The number of hydrogen-bond donors (Lipinski definition) is 0. The van der Waals surface area contributed by atoms with Crippen molar-refractivity contribution >= 4 is 30.3 Å². The monoisotopic (exact) mass is 244 g/mol. The quantitative estimate of drug-likeness (QED) is 0.595. The van der Waals surface area contributed by atoms with Crippen molar-refractivity contribution in [2.24, 2.45) is 0 Å². The molecule has 0 saturated carbocycles. The van der Waals surface area contributed by atoms with E-state index in [1.165, 1.54) is 0 Å². The Balaban J connectivity index is 2.34. The predicted octanol–water partition coefficient (Wildman–Crippen LogP) is 1.67. The first-order chi connectivity index (χ1) is 6.31. The van der Waals surface area contributed by atoms with Crippen molar-refractivity contribution in [2.75, 3.05) is 6.61 Å². The van der Waals surface area contributed by atoms with Gasteiger partial charge in [-0.1, -0.05) is 0 Å². The van der Waals surface area contributed by atoms with Crippen molar-refractivity contribution in [1.82, 2.24) is 0 Å². The number of carbonyl (C=O) groups excluding carboxylic acids is 1. The zero-order valence-electron chi connectivity index (χ0n) is 7.07. The van der Waals surface area contributed by atoms with Crippen LogP contribution in [0.25, 0.3) is 9.84 Å². The van der Waals surface area contributed by atoms with Crippen molar-refractivity contribution in [3.63, 3.8) is 0 Å². The average molecular weight is 243 g/mol. The standard InChI is InChI=1S/C9H8O3Se/c1-2-11-9(10)8-5-6-7(13-8)3-4-12-6/h3-5H,2H2,1H3. The number of carbonyl (C=O) groups is 1. The van der Waals surface area contributed by atoms with Crippen LogP contribution < -0.4 is 0 Å². The third-order valence-electron chi connectivity index (χ3n) is 1.62. The van der Waals surface area contributed by atoms with Gasteiger partial charge in [-0.25, -0.2) is 0 Å². The summed E-state index contributed by atoms with van der Waals surface area (Å²) in [5.74, 6) is -0.214. The number of hydrogen-bond acceptors (Lipinski definition) is 3. The second-order valence-corrected chi connectivity index (χ2v) is 4.75. The van der Waals surface area contributed by atoms with E-state index in [4.69, 9.17) is 9.15 Å². The fourth-order valence-corrected chi connectivity index (χ4v) is 2.91. The Morgan fingerprint density at radius 3 is 3.23 bits per heavy atom. The first-order valence-electron chi connectivity index (χ1n) is 3.95. The predicted molar refractivity (Wildman–Crippen MR) is 49.1 cm³/mol. The molecule has 13 heavy (non-hydrogen) atoms. The third-order valence-corrected chi connectivity index (χ3v) is 3.84. The summed E-state index contributed by atoms with van der Waals surface area (Å²) >= 11 is 0.0641. The molecule has 0 aliphatic heterocycles. The fraction of sp³-hybridized carbons (Fsp3) is 0.222. The van der Waals surface area contributed by atoms with Crippen LogP contribution in [0.4, 0.5) is 0 Å². The van der Waals surface area contributed by atoms with Crippen LogP contribution in [0.3, 0.4) is 0 Å². The molecule has 2 heterocycles. The van der Waals surface area contributed by atoms with Crippen LogP contribution in [0.5, 0.6) is 0 Å². The maximum atomic E-state index is 11.3. The van der Waals surface area contributed by atoms with E-state index in [1.54, 1.807) is 19.3 Å². The zero-order valence-corrected chi connectivity index (χ0v) is 8.79. The number of rotatable bonds is 2. The molecule has 4 heteroatoms. The van der Waals surface area contributed by atoms with Gasteiger partial charge in [-0.2, -0.15) is 0 Å². The van der Waals surface area contributed by atoms with E-state index in [2.05, 4.69) is 0 Å². The second kappa shape index (κ2) is 3.40. The van der Waals surface area contributed by atoms with Crippen LogP contribution in [-0.2, 0) is 4.74 Å². The molecular formula is C9H8O3Se. The Morgan fingerprint density at radius 1 is 1.69 bits per heavy atom. The van der Waals surface area contributed by atoms with Crippen molar-refractivity contribution in [1.29, 1.82) is 0 Å². The summed E-state index contributed by atoms with van der Waals surface area (Å²) in [4.78, 5) is 11.3. The van der Waals surface area contributed by atoms with Crippen LogP contribution in [0, 0.1) is 0 Å². The number of fused-ring (bicyclic) bond motifs is 1. The second-order valence-electron chi connectivity index (χ2n) is 2.48. The van der Waals surface area contributed by atoms with E-state index in [1.807, 2.05) is 6.07 Å². The topological polar surface area (TPSA) is 39.4 Å². The normalized spacial score (nSPS) is 10.5. The summed E-state index contributed by atoms with van der Waals surface area (Å²) in [5, 5.41) is 0. The molecule has 0 N–H and O–H groups in total. The Labute approximate surface area is 81.0 Å². The molecular weight excluding hydrogens is 235 g/mol. The van der Waals surface area contributed by atoms with Gasteiger partial charge < -0.3 is 0 Å².